The minimum absolute atomic E-state index is 0.344. The fourth-order valence-electron chi connectivity index (χ4n) is 2.40. The molecular weight excluding hydrogens is 316 g/mol. The summed E-state index contributed by atoms with van der Waals surface area (Å²) in [7, 11) is -2.00. The van der Waals surface area contributed by atoms with Gasteiger partial charge in [0.15, 0.2) is 5.45 Å². The number of methoxy groups -OCH3 is 1. The Bertz CT molecular complexity index is 656. The van der Waals surface area contributed by atoms with Crippen LogP contribution in [-0.2, 0) is 18.0 Å². The van der Waals surface area contributed by atoms with Crippen molar-refractivity contribution >= 4 is 31.4 Å². The number of hydrogen-bond acceptors (Lipinski definition) is 6. The van der Waals surface area contributed by atoms with Crippen molar-refractivity contribution in [1.82, 2.24) is 9.55 Å². The zero-order valence-corrected chi connectivity index (χ0v) is 14.9. The number of carbonyl (C=O) groups is 1. The van der Waals surface area contributed by atoms with E-state index in [4.69, 9.17) is 18.0 Å². The van der Waals surface area contributed by atoms with Crippen molar-refractivity contribution in [3.8, 4) is 0 Å². The highest BCUT2D eigenvalue weighted by Crippen LogP contribution is 2.17. The van der Waals surface area contributed by atoms with E-state index in [1.54, 1.807) is 6.07 Å². The molecule has 126 valence electrons. The van der Waals surface area contributed by atoms with Crippen LogP contribution >= 0.6 is 0 Å². The number of carbonyl (C=O) groups excluding carboxylic acids is 1. The molecule has 0 aliphatic carbocycles. The molecule has 0 spiro atoms. The van der Waals surface area contributed by atoms with Crippen LogP contribution in [0, 0.1) is 0 Å². The van der Waals surface area contributed by atoms with E-state index in [0.717, 1.165) is 0 Å². The van der Waals surface area contributed by atoms with E-state index >= 15 is 0 Å². The zero-order chi connectivity index (χ0) is 16.9. The van der Waals surface area contributed by atoms with E-state index in [1.807, 2.05) is 39.0 Å². The fraction of sp³-hybridized carbons (Fsp3) is 0.467. The van der Waals surface area contributed by atoms with Crippen molar-refractivity contribution in [3.63, 3.8) is 0 Å². The van der Waals surface area contributed by atoms with Gasteiger partial charge in [-0.25, -0.2) is 14.3 Å². The molecule has 0 atom stereocenters. The van der Waals surface area contributed by atoms with Crippen LogP contribution in [0.15, 0.2) is 24.3 Å². The number of aromatic nitrogens is 2. The Kier molecular flexibility index (Phi) is 5.89. The summed E-state index contributed by atoms with van der Waals surface area (Å²) in [5.74, 6) is 0. The van der Waals surface area contributed by atoms with Gasteiger partial charge in [0.2, 0.25) is 0 Å². The molecule has 1 aromatic carbocycles. The zero-order valence-electron chi connectivity index (χ0n) is 13.9. The van der Waals surface area contributed by atoms with Crippen molar-refractivity contribution in [2.45, 2.75) is 20.8 Å². The Hall–Kier alpha value is -1.74. The molecule has 1 heterocycles. The highest BCUT2D eigenvalue weighted by Gasteiger charge is 2.49. The van der Waals surface area contributed by atoms with Crippen molar-refractivity contribution in [1.29, 1.82) is 0 Å². The Morgan fingerprint density at radius 3 is 2.17 bits per heavy atom. The first-order chi connectivity index (χ1) is 11.1. The van der Waals surface area contributed by atoms with E-state index in [2.05, 4.69) is 4.98 Å². The predicted octanol–water partition coefficient (Wildman–Crippen LogP) is 1.91. The first kappa shape index (κ1) is 17.6. The van der Waals surface area contributed by atoms with Gasteiger partial charge in [0.1, 0.15) is 0 Å². The molecule has 2 aromatic rings. The average Bonchev–Trinajstić information content (AvgIpc) is 2.95. The minimum atomic E-state index is -3.33. The first-order valence-electron chi connectivity index (χ1n) is 7.61. The fourth-order valence-corrected chi connectivity index (χ4v) is 4.92. The van der Waals surface area contributed by atoms with Gasteiger partial charge in [0.05, 0.1) is 18.1 Å². The number of ether oxygens (including phenoxy) is 1. The number of fused-ring (bicyclic) bond motifs is 1. The maximum Gasteiger partial charge on any atom is 0.575 e. The van der Waals surface area contributed by atoms with Crippen LogP contribution in [0.2, 0.25) is 0 Å². The molecule has 0 bridgehead atoms. The maximum atomic E-state index is 12.3. The van der Waals surface area contributed by atoms with Crippen molar-refractivity contribution in [2.75, 3.05) is 26.9 Å². The van der Waals surface area contributed by atoms with Gasteiger partial charge >= 0.3 is 14.9 Å². The summed E-state index contributed by atoms with van der Waals surface area (Å²) in [4.78, 5) is 16.9. The Balaban J connectivity index is 2.72. The molecule has 0 fully saturated rings. The smallest absolute Gasteiger partial charge is 0.452 e. The number of para-hydroxylation sites is 2. The molecule has 0 N–H and O–H groups in total. The van der Waals surface area contributed by atoms with Gasteiger partial charge in [-0.15, -0.1) is 0 Å². The molecule has 0 amide bonds. The van der Waals surface area contributed by atoms with Crippen LogP contribution < -0.4 is 5.45 Å². The minimum Gasteiger partial charge on any atom is -0.452 e. The summed E-state index contributed by atoms with van der Waals surface area (Å²) >= 11 is 0. The number of rotatable bonds is 7. The highest BCUT2D eigenvalue weighted by atomic mass is 28.4. The van der Waals surface area contributed by atoms with E-state index in [-0.39, 0.29) is 0 Å². The summed E-state index contributed by atoms with van der Waals surface area (Å²) in [6.07, 6.45) is -0.551. The van der Waals surface area contributed by atoms with E-state index in [0.29, 0.717) is 36.3 Å². The third kappa shape index (κ3) is 3.30. The summed E-state index contributed by atoms with van der Waals surface area (Å²) in [5, 5.41) is 0. The predicted molar refractivity (Wildman–Crippen MR) is 87.8 cm³/mol. The van der Waals surface area contributed by atoms with Crippen LogP contribution in [-0.4, -0.2) is 51.4 Å². The average molecular weight is 338 g/mol. The molecule has 0 aliphatic rings. The summed E-state index contributed by atoms with van der Waals surface area (Å²) in [5.41, 5.74) is 1.63. The number of imidazole rings is 1. The number of nitrogens with zero attached hydrogens (tertiary/aromatic N) is 2. The van der Waals surface area contributed by atoms with Gasteiger partial charge in [0.25, 0.3) is 0 Å². The molecule has 8 heteroatoms. The lowest BCUT2D eigenvalue weighted by Crippen LogP contribution is -2.61. The highest BCUT2D eigenvalue weighted by molar-refractivity contribution is 6.74. The normalized spacial score (nSPS) is 11.8. The second kappa shape index (κ2) is 7.69. The second-order valence-electron chi connectivity index (χ2n) is 4.58. The Morgan fingerprint density at radius 2 is 1.65 bits per heavy atom. The molecule has 0 saturated carbocycles. The third-order valence-electron chi connectivity index (χ3n) is 3.19. The molecule has 0 radical (unpaired) electrons. The third-order valence-corrected chi connectivity index (χ3v) is 6.08. The quantitative estimate of drug-likeness (QED) is 0.718. The molecule has 1 aromatic heterocycles. The van der Waals surface area contributed by atoms with Gasteiger partial charge in [0, 0.05) is 19.8 Å². The van der Waals surface area contributed by atoms with Crippen LogP contribution in [0.3, 0.4) is 0 Å². The van der Waals surface area contributed by atoms with E-state index < -0.39 is 14.9 Å². The molecule has 0 unspecified atom stereocenters. The van der Waals surface area contributed by atoms with Gasteiger partial charge < -0.3 is 18.0 Å². The van der Waals surface area contributed by atoms with Gasteiger partial charge in [-0.05, 0) is 32.9 Å². The van der Waals surface area contributed by atoms with Crippen molar-refractivity contribution < 1.29 is 22.8 Å². The Labute approximate surface area is 136 Å². The molecule has 23 heavy (non-hydrogen) atoms. The lowest BCUT2D eigenvalue weighted by Gasteiger charge is -2.27. The summed E-state index contributed by atoms with van der Waals surface area (Å²) < 4.78 is 23.9. The molecular formula is C15H22N2O5Si. The van der Waals surface area contributed by atoms with Gasteiger partial charge in [-0.2, -0.15) is 0 Å². The summed E-state index contributed by atoms with van der Waals surface area (Å²) in [6, 6.07) is 7.30. The van der Waals surface area contributed by atoms with Crippen molar-refractivity contribution in [3.05, 3.63) is 24.3 Å². The summed E-state index contributed by atoms with van der Waals surface area (Å²) in [6.45, 7) is 6.71. The molecule has 0 saturated heterocycles. The lowest BCUT2D eigenvalue weighted by molar-refractivity contribution is 0.0831. The largest absolute Gasteiger partial charge is 0.575 e. The second-order valence-corrected chi connectivity index (χ2v) is 7.01. The van der Waals surface area contributed by atoms with Crippen LogP contribution in [0.4, 0.5) is 4.79 Å². The molecule has 2 rings (SSSR count). The number of benzene rings is 1. The van der Waals surface area contributed by atoms with E-state index in [9.17, 15) is 4.79 Å². The van der Waals surface area contributed by atoms with E-state index in [1.165, 1.54) is 11.7 Å². The van der Waals surface area contributed by atoms with Gasteiger partial charge in [-0.3, -0.25) is 0 Å². The van der Waals surface area contributed by atoms with Crippen LogP contribution in [0.5, 0.6) is 0 Å². The van der Waals surface area contributed by atoms with Crippen molar-refractivity contribution in [2.24, 2.45) is 0 Å². The molecule has 0 aliphatic heterocycles. The topological polar surface area (TPSA) is 71.8 Å². The first-order valence-corrected chi connectivity index (χ1v) is 9.34. The monoisotopic (exact) mass is 338 g/mol. The van der Waals surface area contributed by atoms with Gasteiger partial charge in [-0.1, -0.05) is 12.1 Å². The number of hydrogen-bond donors (Lipinski definition) is 0. The standard InChI is InChI=1S/C15H22N2O5Si/c1-5-20-23(21-6-2,22-7-3)14-16-12-10-8-9-11-13(12)17(14)15(18)19-4/h8-11H,5-7H2,1-4H3. The van der Waals surface area contributed by atoms with Crippen LogP contribution in [0.25, 0.3) is 11.0 Å². The lowest BCUT2D eigenvalue weighted by atomic mass is 10.3. The SMILES string of the molecule is CCO[Si](OCC)(OCC)c1nc2ccccc2n1C(=O)OC. The Morgan fingerprint density at radius 1 is 1.09 bits per heavy atom. The maximum absolute atomic E-state index is 12.3. The molecule has 7 nitrogen and oxygen atoms in total. The van der Waals surface area contributed by atoms with Crippen LogP contribution in [0.1, 0.15) is 20.8 Å².